The van der Waals surface area contributed by atoms with Gasteiger partial charge in [0.05, 0.1) is 0 Å². The third-order valence-electron chi connectivity index (χ3n) is 3.65. The molecule has 0 atom stereocenters. The van der Waals surface area contributed by atoms with Crippen LogP contribution >= 0.6 is 0 Å². The second kappa shape index (κ2) is 7.86. The molecule has 0 fully saturated rings. The predicted octanol–water partition coefficient (Wildman–Crippen LogP) is 6.95. The highest BCUT2D eigenvalue weighted by Crippen LogP contribution is 2.64. The van der Waals surface area contributed by atoms with E-state index in [2.05, 4.69) is 0 Å². The fourth-order valence-corrected chi connectivity index (χ4v) is 2.62. The minimum Gasteiger partial charge on any atom is -0.200 e. The van der Waals surface area contributed by atoms with Crippen LogP contribution in [-0.2, 0) is 0 Å². The van der Waals surface area contributed by atoms with Gasteiger partial charge in [0, 0.05) is 15.9 Å². The van der Waals surface area contributed by atoms with Crippen LogP contribution in [0.25, 0.3) is 0 Å². The Bertz CT molecular complexity index is 590. The lowest BCUT2D eigenvalue weighted by molar-refractivity contribution is -0.461. The van der Waals surface area contributed by atoms with E-state index >= 15 is 0 Å². The van der Waals surface area contributed by atoms with E-state index in [1.807, 2.05) is 0 Å². The molecular weight excluding hydrogens is 495 g/mol. The standard InChI is InChI=1S/C12H9F17Si/c1-2-30-4-3-5(13,14)6(15,16)7(17,18)8(19,20)9(21,22)10(23,24)11(25,26)12(27,28)29/h2-4H2,1H3. The SMILES string of the molecule is CC[Si]CCC(F)(F)C(F)(F)C(F)(F)C(F)(F)C(F)(F)C(F)(F)C(F)(F)C(F)(F)F. The van der Waals surface area contributed by atoms with Gasteiger partial charge in [-0.15, -0.1) is 0 Å². The molecule has 30 heavy (non-hydrogen) atoms. The Kier molecular flexibility index (Phi) is 7.61. The molecule has 0 aromatic rings. The van der Waals surface area contributed by atoms with Gasteiger partial charge in [-0.25, -0.2) is 0 Å². The quantitative estimate of drug-likeness (QED) is 0.172. The topological polar surface area (TPSA) is 0 Å². The van der Waals surface area contributed by atoms with Crippen LogP contribution in [0, 0.1) is 0 Å². The van der Waals surface area contributed by atoms with Crippen LogP contribution in [0.3, 0.4) is 0 Å². The lowest BCUT2D eigenvalue weighted by Crippen LogP contribution is -2.74. The number of alkyl halides is 17. The average Bonchev–Trinajstić information content (AvgIpc) is 2.52. The first kappa shape index (κ1) is 29.0. The van der Waals surface area contributed by atoms with Crippen LogP contribution in [0.2, 0.25) is 12.1 Å². The minimum absolute atomic E-state index is 0.00498. The summed E-state index contributed by atoms with van der Waals surface area (Å²) >= 11 is 0. The van der Waals surface area contributed by atoms with Crippen molar-refractivity contribution in [3.8, 4) is 0 Å². The van der Waals surface area contributed by atoms with Gasteiger partial charge in [-0.1, -0.05) is 19.0 Å². The molecule has 0 unspecified atom stereocenters. The summed E-state index contributed by atoms with van der Waals surface area (Å²) in [5.41, 5.74) is 0. The summed E-state index contributed by atoms with van der Waals surface area (Å²) < 4.78 is 220. The fraction of sp³-hybridized carbons (Fsp3) is 1.00. The average molecular weight is 504 g/mol. The van der Waals surface area contributed by atoms with E-state index in [1.165, 1.54) is 6.92 Å². The molecule has 0 aliphatic carbocycles. The van der Waals surface area contributed by atoms with Gasteiger partial charge in [-0.2, -0.15) is 74.6 Å². The number of rotatable bonds is 10. The van der Waals surface area contributed by atoms with Crippen molar-refractivity contribution in [2.75, 3.05) is 0 Å². The Morgan fingerprint density at radius 2 is 0.767 bits per heavy atom. The van der Waals surface area contributed by atoms with Crippen LogP contribution in [0.5, 0.6) is 0 Å². The zero-order chi connectivity index (χ0) is 24.8. The van der Waals surface area contributed by atoms with Crippen molar-refractivity contribution >= 4 is 9.52 Å². The third kappa shape index (κ3) is 3.96. The molecule has 0 heterocycles. The van der Waals surface area contributed by atoms with Gasteiger partial charge in [0.1, 0.15) is 0 Å². The van der Waals surface area contributed by atoms with Crippen LogP contribution in [0.15, 0.2) is 0 Å². The summed E-state index contributed by atoms with van der Waals surface area (Å²) in [6, 6.07) is -1.04. The highest BCUT2D eigenvalue weighted by molar-refractivity contribution is 6.35. The van der Waals surface area contributed by atoms with Gasteiger partial charge in [-0.3, -0.25) is 0 Å². The minimum atomic E-state index is -8.56. The Morgan fingerprint density at radius 3 is 1.07 bits per heavy atom. The Hall–Kier alpha value is -0.973. The molecule has 180 valence electrons. The molecule has 18 heteroatoms. The van der Waals surface area contributed by atoms with Crippen molar-refractivity contribution in [2.24, 2.45) is 0 Å². The molecule has 0 aromatic heterocycles. The largest absolute Gasteiger partial charge is 0.460 e. The fourth-order valence-electron chi connectivity index (χ4n) is 1.78. The molecule has 0 aliphatic heterocycles. The normalized spacial score (nSPS) is 16.2. The molecule has 0 bridgehead atoms. The first-order valence-electron chi connectivity index (χ1n) is 7.23. The molecule has 0 amide bonds. The summed E-state index contributed by atoms with van der Waals surface area (Å²) in [4.78, 5) is 0. The van der Waals surface area contributed by atoms with E-state index in [0.29, 0.717) is 0 Å². The van der Waals surface area contributed by atoms with Crippen molar-refractivity contribution in [3.63, 3.8) is 0 Å². The molecule has 2 radical (unpaired) electrons. The number of hydrogen-bond donors (Lipinski definition) is 0. The second-order valence-corrected chi connectivity index (χ2v) is 7.46. The highest BCUT2D eigenvalue weighted by Gasteiger charge is 2.95. The van der Waals surface area contributed by atoms with Crippen LogP contribution in [-0.4, -0.2) is 57.2 Å². The van der Waals surface area contributed by atoms with Crippen LogP contribution in [0.1, 0.15) is 13.3 Å². The van der Waals surface area contributed by atoms with E-state index < -0.39 is 69.6 Å². The van der Waals surface area contributed by atoms with Crippen molar-refractivity contribution in [3.05, 3.63) is 0 Å². The molecular formula is C12H9F17Si. The van der Waals surface area contributed by atoms with Crippen LogP contribution in [0.4, 0.5) is 74.6 Å². The van der Waals surface area contributed by atoms with Crippen molar-refractivity contribution in [2.45, 2.75) is 73.1 Å². The summed E-state index contributed by atoms with van der Waals surface area (Å²) in [6.45, 7) is 1.28. The zero-order valence-corrected chi connectivity index (χ0v) is 15.0. The maximum absolute atomic E-state index is 13.4. The summed E-state index contributed by atoms with van der Waals surface area (Å²) in [5, 5.41) is 0. The molecule has 0 nitrogen and oxygen atoms in total. The molecule has 0 saturated carbocycles. The smallest absolute Gasteiger partial charge is 0.200 e. The molecule has 0 N–H and O–H groups in total. The number of halogens is 17. The summed E-state index contributed by atoms with van der Waals surface area (Å²) in [7, 11) is -0.635. The van der Waals surface area contributed by atoms with E-state index in [9.17, 15) is 74.6 Å². The van der Waals surface area contributed by atoms with Gasteiger partial charge < -0.3 is 0 Å². The molecule has 0 saturated heterocycles. The predicted molar refractivity (Wildman–Crippen MR) is 66.3 cm³/mol. The lowest BCUT2D eigenvalue weighted by atomic mass is 9.88. The number of hydrogen-bond acceptors (Lipinski definition) is 0. The second-order valence-electron chi connectivity index (χ2n) is 5.75. The first-order valence-corrected chi connectivity index (χ1v) is 8.64. The Balaban J connectivity index is 6.48. The maximum atomic E-state index is 13.4. The van der Waals surface area contributed by atoms with Gasteiger partial charge in [-0.05, 0) is 0 Å². The highest BCUT2D eigenvalue weighted by atomic mass is 28.2. The molecule has 0 aliphatic rings. The van der Waals surface area contributed by atoms with Gasteiger partial charge >= 0.3 is 47.6 Å². The third-order valence-corrected chi connectivity index (χ3v) is 4.76. The summed E-state index contributed by atoms with van der Waals surface area (Å²) in [5.74, 6) is -55.6. The van der Waals surface area contributed by atoms with Gasteiger partial charge in [0.15, 0.2) is 0 Å². The zero-order valence-electron chi connectivity index (χ0n) is 14.0. The molecule has 0 rings (SSSR count). The summed E-state index contributed by atoms with van der Waals surface area (Å²) in [6.07, 6.45) is -10.1. The maximum Gasteiger partial charge on any atom is 0.460 e. The Labute approximate surface area is 158 Å². The van der Waals surface area contributed by atoms with E-state index in [-0.39, 0.29) is 6.04 Å². The first-order chi connectivity index (χ1) is 12.8. The molecule has 0 spiro atoms. The van der Waals surface area contributed by atoms with Crippen molar-refractivity contribution in [1.29, 1.82) is 0 Å². The monoisotopic (exact) mass is 504 g/mol. The lowest BCUT2D eigenvalue weighted by Gasteiger charge is -2.42. The van der Waals surface area contributed by atoms with Crippen molar-refractivity contribution in [1.82, 2.24) is 0 Å². The Morgan fingerprint density at radius 1 is 0.467 bits per heavy atom. The molecule has 0 aromatic carbocycles. The van der Waals surface area contributed by atoms with Gasteiger partial charge in [0.2, 0.25) is 0 Å². The van der Waals surface area contributed by atoms with Gasteiger partial charge in [0.25, 0.3) is 0 Å². The van der Waals surface area contributed by atoms with Crippen LogP contribution < -0.4 is 0 Å². The van der Waals surface area contributed by atoms with E-state index in [0.717, 1.165) is 0 Å². The van der Waals surface area contributed by atoms with Crippen molar-refractivity contribution < 1.29 is 74.6 Å². The van der Waals surface area contributed by atoms with E-state index in [4.69, 9.17) is 0 Å². The van der Waals surface area contributed by atoms with E-state index in [1.54, 1.807) is 0 Å².